The van der Waals surface area contributed by atoms with Crippen LogP contribution in [0.1, 0.15) is 155 Å². The molecule has 352 valence electrons. The second-order valence-electron chi connectivity index (χ2n) is 16.9. The molecule has 0 radical (unpaired) electrons. The molecule has 0 spiro atoms. The maximum absolute atomic E-state index is 13.4. The van der Waals surface area contributed by atoms with Crippen LogP contribution in [0.3, 0.4) is 0 Å². The van der Waals surface area contributed by atoms with Crippen molar-refractivity contribution >= 4 is 53.0 Å². The number of imide groups is 1. The van der Waals surface area contributed by atoms with E-state index in [1.807, 2.05) is 55.4 Å². The Morgan fingerprint density at radius 1 is 0.869 bits per heavy atom. The van der Waals surface area contributed by atoms with Gasteiger partial charge in [-0.25, -0.2) is 0 Å². The molecule has 61 heavy (non-hydrogen) atoms. The number of hydrogen-bond acceptors (Lipinski definition) is 10. The van der Waals surface area contributed by atoms with Crippen LogP contribution in [0.15, 0.2) is 0 Å². The summed E-state index contributed by atoms with van der Waals surface area (Å²) < 4.78 is 0. The lowest BCUT2D eigenvalue weighted by Gasteiger charge is -2.34. The third-order valence-electron chi connectivity index (χ3n) is 9.99. The minimum absolute atomic E-state index is 0.0154. The van der Waals surface area contributed by atoms with E-state index in [9.17, 15) is 43.2 Å². The second-order valence-corrected chi connectivity index (χ2v) is 16.9. The van der Waals surface area contributed by atoms with Crippen LogP contribution in [0.25, 0.3) is 0 Å². The van der Waals surface area contributed by atoms with Crippen LogP contribution in [-0.2, 0) is 43.2 Å². The van der Waals surface area contributed by atoms with Crippen molar-refractivity contribution in [1.29, 1.82) is 0 Å². The average Bonchev–Trinajstić information content (AvgIpc) is 3.78. The lowest BCUT2D eigenvalue weighted by molar-refractivity contribution is -0.146. The predicted octanol–water partition coefficient (Wildman–Crippen LogP) is 3.23. The van der Waals surface area contributed by atoms with Crippen molar-refractivity contribution in [2.75, 3.05) is 26.2 Å². The zero-order valence-electron chi connectivity index (χ0n) is 39.8. The van der Waals surface area contributed by atoms with E-state index in [2.05, 4.69) is 16.0 Å². The van der Waals surface area contributed by atoms with Crippen molar-refractivity contribution in [3.63, 3.8) is 0 Å². The molecule has 0 aromatic carbocycles. The largest absolute Gasteiger partial charge is 0.396 e. The number of nitrogens with one attached hydrogen (secondary N) is 3. The third kappa shape index (κ3) is 20.8. The van der Waals surface area contributed by atoms with Gasteiger partial charge in [0, 0.05) is 49.9 Å². The van der Waals surface area contributed by atoms with Gasteiger partial charge in [0.1, 0.15) is 23.9 Å². The average molecular weight is 868 g/mol. The highest BCUT2D eigenvalue weighted by molar-refractivity contribution is 6.04. The number of hydrogen-bond donors (Lipinski definition) is 5. The van der Waals surface area contributed by atoms with E-state index in [0.29, 0.717) is 51.0 Å². The Labute approximate surface area is 365 Å². The van der Waals surface area contributed by atoms with Gasteiger partial charge in [0.15, 0.2) is 0 Å². The molecule has 2 aliphatic rings. The van der Waals surface area contributed by atoms with Crippen LogP contribution in [-0.4, -0.2) is 129 Å². The molecule has 2 fully saturated rings. The molecule has 4 unspecified atom stereocenters. The second kappa shape index (κ2) is 29.8. The maximum Gasteiger partial charge on any atom is 0.243 e. The number of aliphatic hydroxyl groups is 1. The van der Waals surface area contributed by atoms with E-state index in [-0.39, 0.29) is 61.2 Å². The Hall–Kier alpha value is -4.41. The van der Waals surface area contributed by atoms with E-state index in [1.54, 1.807) is 34.6 Å². The van der Waals surface area contributed by atoms with E-state index in [0.717, 1.165) is 0 Å². The van der Waals surface area contributed by atoms with E-state index >= 15 is 0 Å². The smallest absolute Gasteiger partial charge is 0.243 e. The van der Waals surface area contributed by atoms with Crippen molar-refractivity contribution in [3.8, 4) is 0 Å². The van der Waals surface area contributed by atoms with Gasteiger partial charge in [-0.2, -0.15) is 0 Å². The fourth-order valence-corrected chi connectivity index (χ4v) is 6.87. The SMILES string of the molecule is CC.CC.CC(=O)CCC(C(=O)NCC(=O)N1CCCC1C(N)=O)N(C(=O)CNC(=O)C(CC(C)C)NC(=O)CCC(C)C)C(C)C.CC1CC(=O)N(C(C)(C)CCO)C1=O. The minimum atomic E-state index is -1.09. The van der Waals surface area contributed by atoms with Gasteiger partial charge in [-0.05, 0) is 85.0 Å². The standard InChI is InChI=1S/C30H52N6O7.C10H17NO3.2C2H6/c1-18(2)10-13-25(38)34-22(15-19(3)4)29(42)32-17-27(40)36(20(5)6)24(12-11-21(7)37)30(43)33-16-26(39)35-14-8-9-23(35)28(31)41;1-7-6-8(13)11(9(7)14)10(2,3)4-5-12;2*1-2/h18-20,22-24H,8-17H2,1-7H3,(H2,31,41)(H,32,42)(H,33,43)(H,34,38);7,12H,4-6H2,1-3H3;2*1-2H3. The molecule has 2 rings (SSSR count). The van der Waals surface area contributed by atoms with Crippen LogP contribution in [0.4, 0.5) is 0 Å². The topological polar surface area (TPSA) is 246 Å². The number of ketones is 1. The molecule has 2 saturated heterocycles. The summed E-state index contributed by atoms with van der Waals surface area (Å²) in [6.07, 6.45) is 3.19. The molecule has 0 aromatic heterocycles. The first-order chi connectivity index (χ1) is 28.4. The maximum atomic E-state index is 13.4. The number of carbonyl (C=O) groups excluding carboxylic acids is 9. The summed E-state index contributed by atoms with van der Waals surface area (Å²) in [4.78, 5) is 116. The summed E-state index contributed by atoms with van der Waals surface area (Å²) >= 11 is 0. The van der Waals surface area contributed by atoms with Crippen LogP contribution >= 0.6 is 0 Å². The molecule has 17 nitrogen and oxygen atoms in total. The van der Waals surface area contributed by atoms with Crippen molar-refractivity contribution < 1.29 is 48.3 Å². The Balaban J connectivity index is 0. The molecule has 0 aromatic rings. The third-order valence-corrected chi connectivity index (χ3v) is 9.99. The van der Waals surface area contributed by atoms with Crippen LogP contribution in [0.2, 0.25) is 0 Å². The zero-order valence-corrected chi connectivity index (χ0v) is 39.8. The summed E-state index contributed by atoms with van der Waals surface area (Å²) in [5, 5.41) is 16.8. The Morgan fingerprint density at radius 3 is 1.90 bits per heavy atom. The van der Waals surface area contributed by atoms with Gasteiger partial charge >= 0.3 is 0 Å². The molecular weight excluding hydrogens is 787 g/mol. The van der Waals surface area contributed by atoms with Gasteiger partial charge in [0.25, 0.3) is 0 Å². The fourth-order valence-electron chi connectivity index (χ4n) is 6.87. The first-order valence-corrected chi connectivity index (χ1v) is 22.2. The van der Waals surface area contributed by atoms with Crippen molar-refractivity contribution in [1.82, 2.24) is 30.7 Å². The van der Waals surface area contributed by atoms with Gasteiger partial charge in [0.2, 0.25) is 47.3 Å². The van der Waals surface area contributed by atoms with Gasteiger partial charge in [-0.15, -0.1) is 0 Å². The number of nitrogens with zero attached hydrogens (tertiary/aromatic N) is 3. The summed E-state index contributed by atoms with van der Waals surface area (Å²) in [5.41, 5.74) is 4.84. The first kappa shape index (κ1) is 58.7. The Bertz CT molecular complexity index is 1450. The van der Waals surface area contributed by atoms with E-state index in [4.69, 9.17) is 10.8 Å². The van der Waals surface area contributed by atoms with Gasteiger partial charge < -0.3 is 41.4 Å². The van der Waals surface area contributed by atoms with Gasteiger partial charge in [-0.1, -0.05) is 62.3 Å². The summed E-state index contributed by atoms with van der Waals surface area (Å²) in [7, 11) is 0. The highest BCUT2D eigenvalue weighted by atomic mass is 16.3. The van der Waals surface area contributed by atoms with E-state index in [1.165, 1.54) is 21.6 Å². The summed E-state index contributed by atoms with van der Waals surface area (Å²) in [5.74, 6) is -3.20. The normalized spacial score (nSPS) is 17.0. The molecule has 4 atom stereocenters. The molecule has 6 N–H and O–H groups in total. The van der Waals surface area contributed by atoms with Crippen molar-refractivity contribution in [3.05, 3.63) is 0 Å². The predicted molar refractivity (Wildman–Crippen MR) is 235 cm³/mol. The first-order valence-electron chi connectivity index (χ1n) is 22.2. The number of Topliss-reactive ketones (excluding diaryl/α,β-unsaturated/α-hetero) is 1. The molecule has 2 aliphatic heterocycles. The van der Waals surface area contributed by atoms with Crippen LogP contribution in [0.5, 0.6) is 0 Å². The molecule has 0 aliphatic carbocycles. The molecule has 0 bridgehead atoms. The number of amides is 8. The Morgan fingerprint density at radius 2 is 1.44 bits per heavy atom. The molecule has 17 heteroatoms. The summed E-state index contributed by atoms with van der Waals surface area (Å²) in [6, 6.07) is -3.12. The minimum Gasteiger partial charge on any atom is -0.396 e. The highest BCUT2D eigenvalue weighted by Gasteiger charge is 2.43. The van der Waals surface area contributed by atoms with Crippen molar-refractivity contribution in [2.24, 2.45) is 23.5 Å². The Kier molecular flexibility index (Phi) is 28.6. The molecule has 2 heterocycles. The van der Waals surface area contributed by atoms with Crippen LogP contribution in [0, 0.1) is 17.8 Å². The number of carbonyl (C=O) groups is 9. The highest BCUT2D eigenvalue weighted by Crippen LogP contribution is 2.29. The lowest BCUT2D eigenvalue weighted by Crippen LogP contribution is -2.57. The van der Waals surface area contributed by atoms with Gasteiger partial charge in [-0.3, -0.25) is 43.3 Å². The number of rotatable bonds is 21. The summed E-state index contributed by atoms with van der Waals surface area (Å²) in [6.45, 7) is 25.5. The number of primary amides is 1. The molecule has 8 amide bonds. The molecule has 0 saturated carbocycles. The number of nitrogens with two attached hydrogens (primary N) is 1. The molecular formula is C44H81N7O10. The van der Waals surface area contributed by atoms with Crippen molar-refractivity contribution in [2.45, 2.75) is 184 Å². The zero-order chi connectivity index (χ0) is 47.8. The van der Waals surface area contributed by atoms with Gasteiger partial charge in [0.05, 0.1) is 13.1 Å². The fraction of sp³-hybridized carbons (Fsp3) is 0.795. The number of aliphatic hydroxyl groups excluding tert-OH is 1. The van der Waals surface area contributed by atoms with Crippen LogP contribution < -0.4 is 21.7 Å². The lowest BCUT2D eigenvalue weighted by atomic mass is 9.99. The monoisotopic (exact) mass is 868 g/mol. The van der Waals surface area contributed by atoms with E-state index < -0.39 is 72.3 Å². The quantitative estimate of drug-likeness (QED) is 0.105. The number of likely N-dealkylation sites (tertiary alicyclic amines) is 2.